The quantitative estimate of drug-likeness (QED) is 0.761. The van der Waals surface area contributed by atoms with Crippen molar-refractivity contribution in [1.82, 2.24) is 4.98 Å². The lowest BCUT2D eigenvalue weighted by Gasteiger charge is -1.99. The molecule has 1 aromatic heterocycles. The molecule has 0 aliphatic heterocycles. The number of rotatable bonds is 2. The zero-order chi connectivity index (χ0) is 9.84. The van der Waals surface area contributed by atoms with Crippen molar-refractivity contribution in [3.63, 3.8) is 0 Å². The molecule has 0 radical (unpaired) electrons. The SMILES string of the molecule is CCOC(=O)Nc1nc(C)c(N)s1. The summed E-state index contributed by atoms with van der Waals surface area (Å²) in [6, 6.07) is 0. The minimum atomic E-state index is -0.503. The molecular formula is C7H11N3O2S. The van der Waals surface area contributed by atoms with Crippen molar-refractivity contribution in [2.45, 2.75) is 13.8 Å². The standard InChI is InChI=1S/C7H11N3O2S/c1-3-12-7(11)10-6-9-4(2)5(8)13-6/h3,8H2,1-2H3,(H,9,10,11). The first-order valence-electron chi connectivity index (χ1n) is 3.80. The Bertz CT molecular complexity index is 291. The van der Waals surface area contributed by atoms with Crippen molar-refractivity contribution in [1.29, 1.82) is 0 Å². The molecule has 1 amide bonds. The van der Waals surface area contributed by atoms with E-state index in [1.165, 1.54) is 11.3 Å². The zero-order valence-corrected chi connectivity index (χ0v) is 8.27. The van der Waals surface area contributed by atoms with E-state index in [-0.39, 0.29) is 0 Å². The maximum atomic E-state index is 10.9. The van der Waals surface area contributed by atoms with E-state index >= 15 is 0 Å². The number of aromatic nitrogens is 1. The predicted molar refractivity (Wildman–Crippen MR) is 51.9 cm³/mol. The Morgan fingerprint density at radius 1 is 1.77 bits per heavy atom. The zero-order valence-electron chi connectivity index (χ0n) is 7.46. The van der Waals surface area contributed by atoms with Crippen LogP contribution in [0.25, 0.3) is 0 Å². The van der Waals surface area contributed by atoms with E-state index in [0.29, 0.717) is 16.7 Å². The highest BCUT2D eigenvalue weighted by molar-refractivity contribution is 7.19. The molecular weight excluding hydrogens is 190 g/mol. The Labute approximate surface area is 79.9 Å². The van der Waals surface area contributed by atoms with Crippen LogP contribution in [0.4, 0.5) is 14.9 Å². The summed E-state index contributed by atoms with van der Waals surface area (Å²) in [4.78, 5) is 14.9. The van der Waals surface area contributed by atoms with Crippen LogP contribution >= 0.6 is 11.3 Å². The number of thiazole rings is 1. The highest BCUT2D eigenvalue weighted by Gasteiger charge is 2.07. The van der Waals surface area contributed by atoms with Gasteiger partial charge in [-0.15, -0.1) is 0 Å². The molecule has 0 spiro atoms. The van der Waals surface area contributed by atoms with E-state index < -0.39 is 6.09 Å². The molecule has 1 heterocycles. The fraction of sp³-hybridized carbons (Fsp3) is 0.429. The third-order valence-electron chi connectivity index (χ3n) is 1.32. The van der Waals surface area contributed by atoms with Crippen LogP contribution in [0.15, 0.2) is 0 Å². The van der Waals surface area contributed by atoms with Crippen molar-refractivity contribution in [3.8, 4) is 0 Å². The van der Waals surface area contributed by atoms with Gasteiger partial charge in [0.25, 0.3) is 0 Å². The number of nitrogens with one attached hydrogen (secondary N) is 1. The van der Waals surface area contributed by atoms with E-state index in [0.717, 1.165) is 5.69 Å². The van der Waals surface area contributed by atoms with Gasteiger partial charge in [-0.2, -0.15) is 0 Å². The Morgan fingerprint density at radius 3 is 2.92 bits per heavy atom. The number of aryl methyl sites for hydroxylation is 1. The Hall–Kier alpha value is -1.30. The molecule has 72 valence electrons. The van der Waals surface area contributed by atoms with Gasteiger partial charge in [-0.3, -0.25) is 5.32 Å². The number of ether oxygens (including phenoxy) is 1. The number of amides is 1. The predicted octanol–water partition coefficient (Wildman–Crippen LogP) is 1.60. The first-order chi connectivity index (χ1) is 6.13. The second-order valence-electron chi connectivity index (χ2n) is 2.31. The third-order valence-corrected chi connectivity index (χ3v) is 2.22. The van der Waals surface area contributed by atoms with Crippen LogP contribution in [-0.2, 0) is 4.74 Å². The summed E-state index contributed by atoms with van der Waals surface area (Å²) in [5, 5.41) is 3.54. The Morgan fingerprint density at radius 2 is 2.46 bits per heavy atom. The molecule has 0 saturated carbocycles. The summed E-state index contributed by atoms with van der Waals surface area (Å²) in [5.74, 6) is 0. The van der Waals surface area contributed by atoms with E-state index in [4.69, 9.17) is 5.73 Å². The molecule has 0 fully saturated rings. The first kappa shape index (κ1) is 9.79. The molecule has 0 unspecified atom stereocenters. The van der Waals surface area contributed by atoms with E-state index in [1.807, 2.05) is 0 Å². The summed E-state index contributed by atoms with van der Waals surface area (Å²) >= 11 is 1.22. The molecule has 6 heteroatoms. The van der Waals surface area contributed by atoms with Crippen LogP contribution in [-0.4, -0.2) is 17.7 Å². The number of carbonyl (C=O) groups excluding carboxylic acids is 1. The molecule has 0 saturated heterocycles. The van der Waals surface area contributed by atoms with Crippen LogP contribution in [0, 0.1) is 6.92 Å². The average molecular weight is 201 g/mol. The fourth-order valence-corrected chi connectivity index (χ4v) is 1.43. The maximum absolute atomic E-state index is 10.9. The molecule has 0 bridgehead atoms. The van der Waals surface area contributed by atoms with E-state index in [1.54, 1.807) is 13.8 Å². The van der Waals surface area contributed by atoms with Crippen LogP contribution in [0.5, 0.6) is 0 Å². The average Bonchev–Trinajstić information content (AvgIpc) is 2.31. The van der Waals surface area contributed by atoms with Gasteiger partial charge in [0.15, 0.2) is 5.13 Å². The van der Waals surface area contributed by atoms with Gasteiger partial charge in [0.2, 0.25) is 0 Å². The molecule has 0 aliphatic carbocycles. The number of nitrogen functional groups attached to an aromatic ring is 1. The number of anilines is 2. The fourth-order valence-electron chi connectivity index (χ4n) is 0.716. The summed E-state index contributed by atoms with van der Waals surface area (Å²) in [6.45, 7) is 3.86. The lowest BCUT2D eigenvalue weighted by Crippen LogP contribution is -2.12. The van der Waals surface area contributed by atoms with Gasteiger partial charge in [-0.25, -0.2) is 9.78 Å². The Balaban J connectivity index is 2.59. The minimum Gasteiger partial charge on any atom is -0.450 e. The number of nitrogens with two attached hydrogens (primary N) is 1. The van der Waals surface area contributed by atoms with Gasteiger partial charge in [-0.05, 0) is 13.8 Å². The monoisotopic (exact) mass is 201 g/mol. The van der Waals surface area contributed by atoms with Crippen LogP contribution in [0.2, 0.25) is 0 Å². The molecule has 0 aliphatic rings. The minimum absolute atomic E-state index is 0.339. The van der Waals surface area contributed by atoms with Gasteiger partial charge in [0.1, 0.15) is 5.00 Å². The molecule has 0 aromatic carbocycles. The highest BCUT2D eigenvalue weighted by atomic mass is 32.1. The van der Waals surface area contributed by atoms with Crippen molar-refractivity contribution < 1.29 is 9.53 Å². The number of hydrogen-bond donors (Lipinski definition) is 2. The topological polar surface area (TPSA) is 77.2 Å². The second-order valence-corrected chi connectivity index (χ2v) is 3.34. The molecule has 5 nitrogen and oxygen atoms in total. The lowest BCUT2D eigenvalue weighted by atomic mass is 10.5. The highest BCUT2D eigenvalue weighted by Crippen LogP contribution is 2.24. The second kappa shape index (κ2) is 4.08. The maximum Gasteiger partial charge on any atom is 0.413 e. The van der Waals surface area contributed by atoms with Crippen molar-refractivity contribution in [2.75, 3.05) is 17.7 Å². The van der Waals surface area contributed by atoms with Crippen LogP contribution in [0.1, 0.15) is 12.6 Å². The third kappa shape index (κ3) is 2.59. The molecule has 13 heavy (non-hydrogen) atoms. The van der Waals surface area contributed by atoms with Gasteiger partial charge in [0.05, 0.1) is 12.3 Å². The largest absolute Gasteiger partial charge is 0.450 e. The first-order valence-corrected chi connectivity index (χ1v) is 4.61. The number of nitrogens with zero attached hydrogens (tertiary/aromatic N) is 1. The normalized spacial score (nSPS) is 9.69. The van der Waals surface area contributed by atoms with Crippen molar-refractivity contribution in [2.24, 2.45) is 0 Å². The van der Waals surface area contributed by atoms with Gasteiger partial charge in [0, 0.05) is 0 Å². The number of carbonyl (C=O) groups is 1. The smallest absolute Gasteiger partial charge is 0.413 e. The molecule has 1 aromatic rings. The van der Waals surface area contributed by atoms with E-state index in [9.17, 15) is 4.79 Å². The van der Waals surface area contributed by atoms with Crippen LogP contribution < -0.4 is 11.1 Å². The van der Waals surface area contributed by atoms with Gasteiger partial charge in [-0.1, -0.05) is 11.3 Å². The van der Waals surface area contributed by atoms with E-state index in [2.05, 4.69) is 15.0 Å². The molecule has 0 atom stereocenters. The van der Waals surface area contributed by atoms with Crippen molar-refractivity contribution in [3.05, 3.63) is 5.69 Å². The van der Waals surface area contributed by atoms with Crippen LogP contribution in [0.3, 0.4) is 0 Å². The summed E-state index contributed by atoms with van der Waals surface area (Å²) < 4.78 is 4.67. The number of hydrogen-bond acceptors (Lipinski definition) is 5. The summed E-state index contributed by atoms with van der Waals surface area (Å²) in [6.07, 6.45) is -0.503. The van der Waals surface area contributed by atoms with Gasteiger partial charge >= 0.3 is 6.09 Å². The Kier molecular flexibility index (Phi) is 3.07. The van der Waals surface area contributed by atoms with Gasteiger partial charge < -0.3 is 10.5 Å². The summed E-state index contributed by atoms with van der Waals surface area (Å²) in [7, 11) is 0. The van der Waals surface area contributed by atoms with Crippen molar-refractivity contribution >= 4 is 27.6 Å². The molecule has 3 N–H and O–H groups in total. The lowest BCUT2D eigenvalue weighted by molar-refractivity contribution is 0.168. The molecule has 1 rings (SSSR count). The summed E-state index contributed by atoms with van der Waals surface area (Å²) in [5.41, 5.74) is 6.27.